The Morgan fingerprint density at radius 3 is 2.69 bits per heavy atom. The van der Waals surface area contributed by atoms with Crippen LogP contribution < -0.4 is 5.73 Å². The van der Waals surface area contributed by atoms with Gasteiger partial charge in [-0.25, -0.2) is 4.98 Å². The van der Waals surface area contributed by atoms with E-state index in [1.54, 1.807) is 0 Å². The van der Waals surface area contributed by atoms with Gasteiger partial charge in [0, 0.05) is 17.2 Å². The molecule has 0 fully saturated rings. The van der Waals surface area contributed by atoms with E-state index in [-0.39, 0.29) is 11.7 Å². The molecule has 0 atom stereocenters. The zero-order valence-electron chi connectivity index (χ0n) is 7.63. The summed E-state index contributed by atoms with van der Waals surface area (Å²) in [6.45, 7) is 3.87. The number of terminal acetylenes is 1. The van der Waals surface area contributed by atoms with Gasteiger partial charge in [0.15, 0.2) is 0 Å². The molecule has 0 bridgehead atoms. The molecule has 2 N–H and O–H groups in total. The number of hydrogen-bond acceptors (Lipinski definition) is 2. The smallest absolute Gasteiger partial charge is 0.216 e. The Hall–Kier alpha value is -1.56. The van der Waals surface area contributed by atoms with Gasteiger partial charge in [0.05, 0.1) is 0 Å². The molecule has 1 aromatic rings. The summed E-state index contributed by atoms with van der Waals surface area (Å²) in [5, 5.41) is 0. The molecule has 1 heterocycles. The first-order valence-corrected chi connectivity index (χ1v) is 3.98. The Kier molecular flexibility index (Phi) is 2.52. The lowest BCUT2D eigenvalue weighted by atomic mass is 9.99. The number of hydrogen-bond donors (Lipinski definition) is 1. The Labute approximate surface area is 77.0 Å². The second kappa shape index (κ2) is 3.44. The van der Waals surface area contributed by atoms with Gasteiger partial charge in [-0.15, -0.1) is 6.42 Å². The van der Waals surface area contributed by atoms with Gasteiger partial charge in [-0.3, -0.25) is 0 Å². The summed E-state index contributed by atoms with van der Waals surface area (Å²) in [6, 6.07) is 1.23. The number of halogens is 1. The standard InChI is InChI=1S/C10H11FN2/c1-4-7-5-8(11)13-10(12)9(7)6(2)3/h1,5-6H,2-3H3,(H2,12,13). The maximum Gasteiger partial charge on any atom is 0.216 e. The zero-order chi connectivity index (χ0) is 10.0. The molecule has 0 spiro atoms. The summed E-state index contributed by atoms with van der Waals surface area (Å²) in [5.74, 6) is 2.10. The van der Waals surface area contributed by atoms with Crippen molar-refractivity contribution in [1.82, 2.24) is 4.98 Å². The van der Waals surface area contributed by atoms with Gasteiger partial charge in [-0.1, -0.05) is 19.8 Å². The van der Waals surface area contributed by atoms with Crippen LogP contribution in [-0.4, -0.2) is 4.98 Å². The normalized spacial score (nSPS) is 10.1. The molecule has 0 amide bonds. The Bertz CT molecular complexity index is 364. The summed E-state index contributed by atoms with van der Waals surface area (Å²) in [4.78, 5) is 3.52. The van der Waals surface area contributed by atoms with Crippen molar-refractivity contribution in [3.8, 4) is 12.3 Å². The number of rotatable bonds is 1. The lowest BCUT2D eigenvalue weighted by molar-refractivity contribution is 0.583. The summed E-state index contributed by atoms with van der Waals surface area (Å²) in [7, 11) is 0. The number of aromatic nitrogens is 1. The lowest BCUT2D eigenvalue weighted by Crippen LogP contribution is -2.04. The van der Waals surface area contributed by atoms with Gasteiger partial charge >= 0.3 is 0 Å². The molecule has 0 saturated carbocycles. The van der Waals surface area contributed by atoms with Crippen LogP contribution in [0.3, 0.4) is 0 Å². The van der Waals surface area contributed by atoms with E-state index in [9.17, 15) is 4.39 Å². The van der Waals surface area contributed by atoms with Crippen molar-refractivity contribution in [2.24, 2.45) is 0 Å². The third-order valence-corrected chi connectivity index (χ3v) is 1.79. The highest BCUT2D eigenvalue weighted by molar-refractivity contribution is 5.52. The quantitative estimate of drug-likeness (QED) is 0.527. The summed E-state index contributed by atoms with van der Waals surface area (Å²) in [5.41, 5.74) is 6.78. The summed E-state index contributed by atoms with van der Waals surface area (Å²) in [6.07, 6.45) is 5.23. The SMILES string of the molecule is C#Cc1cc(F)nc(N)c1C(C)C. The molecule has 0 radical (unpaired) electrons. The molecule has 0 aliphatic carbocycles. The molecule has 1 rings (SSSR count). The fourth-order valence-electron chi connectivity index (χ4n) is 1.27. The first kappa shape index (κ1) is 9.53. The van der Waals surface area contributed by atoms with Crippen molar-refractivity contribution in [2.75, 3.05) is 5.73 Å². The predicted octanol–water partition coefficient (Wildman–Crippen LogP) is 1.91. The van der Waals surface area contributed by atoms with Gasteiger partial charge in [0.2, 0.25) is 5.95 Å². The average Bonchev–Trinajstić information content (AvgIpc) is 2.01. The van der Waals surface area contributed by atoms with E-state index >= 15 is 0 Å². The van der Waals surface area contributed by atoms with E-state index in [0.29, 0.717) is 5.56 Å². The topological polar surface area (TPSA) is 38.9 Å². The van der Waals surface area contributed by atoms with E-state index in [2.05, 4.69) is 10.9 Å². The lowest BCUT2D eigenvalue weighted by Gasteiger charge is -2.10. The highest BCUT2D eigenvalue weighted by Crippen LogP contribution is 2.24. The van der Waals surface area contributed by atoms with Crippen molar-refractivity contribution in [3.63, 3.8) is 0 Å². The number of nitrogens with two attached hydrogens (primary N) is 1. The highest BCUT2D eigenvalue weighted by Gasteiger charge is 2.11. The minimum atomic E-state index is -0.630. The van der Waals surface area contributed by atoms with E-state index in [1.165, 1.54) is 6.07 Å². The fraction of sp³-hybridized carbons (Fsp3) is 0.300. The van der Waals surface area contributed by atoms with Crippen LogP contribution in [0.15, 0.2) is 6.07 Å². The van der Waals surface area contributed by atoms with Crippen molar-refractivity contribution in [1.29, 1.82) is 0 Å². The summed E-state index contributed by atoms with van der Waals surface area (Å²) >= 11 is 0. The van der Waals surface area contributed by atoms with Gasteiger partial charge in [-0.2, -0.15) is 4.39 Å². The molecule has 0 saturated heterocycles. The molecule has 68 valence electrons. The third kappa shape index (κ3) is 1.78. The molecule has 0 aromatic carbocycles. The maximum absolute atomic E-state index is 12.8. The fourth-order valence-corrected chi connectivity index (χ4v) is 1.27. The first-order chi connectivity index (χ1) is 6.06. The Morgan fingerprint density at radius 1 is 1.62 bits per heavy atom. The van der Waals surface area contributed by atoms with Crippen LogP contribution in [0, 0.1) is 18.3 Å². The molecule has 0 aliphatic heterocycles. The Balaban J connectivity index is 3.41. The van der Waals surface area contributed by atoms with Crippen LogP contribution in [0.1, 0.15) is 30.9 Å². The molecule has 2 nitrogen and oxygen atoms in total. The molecule has 0 unspecified atom stereocenters. The average molecular weight is 178 g/mol. The van der Waals surface area contributed by atoms with Crippen LogP contribution in [0.4, 0.5) is 10.2 Å². The molecular weight excluding hydrogens is 167 g/mol. The minimum Gasteiger partial charge on any atom is -0.383 e. The van der Waals surface area contributed by atoms with Gasteiger partial charge in [0.1, 0.15) is 5.82 Å². The second-order valence-corrected chi connectivity index (χ2v) is 3.09. The molecular formula is C10H11FN2. The number of anilines is 1. The maximum atomic E-state index is 12.8. The molecule has 3 heteroatoms. The number of pyridine rings is 1. The van der Waals surface area contributed by atoms with E-state index in [4.69, 9.17) is 12.2 Å². The van der Waals surface area contributed by atoms with Gasteiger partial charge < -0.3 is 5.73 Å². The van der Waals surface area contributed by atoms with Crippen LogP contribution in [0.25, 0.3) is 0 Å². The molecule has 13 heavy (non-hydrogen) atoms. The van der Waals surface area contributed by atoms with Crippen molar-refractivity contribution < 1.29 is 4.39 Å². The van der Waals surface area contributed by atoms with E-state index < -0.39 is 5.95 Å². The van der Waals surface area contributed by atoms with Gasteiger partial charge in [-0.05, 0) is 5.92 Å². The highest BCUT2D eigenvalue weighted by atomic mass is 19.1. The van der Waals surface area contributed by atoms with Crippen LogP contribution in [0.2, 0.25) is 0 Å². The predicted molar refractivity (Wildman–Crippen MR) is 50.6 cm³/mol. The minimum absolute atomic E-state index is 0.152. The van der Waals surface area contributed by atoms with Crippen molar-refractivity contribution in [2.45, 2.75) is 19.8 Å². The van der Waals surface area contributed by atoms with Crippen molar-refractivity contribution >= 4 is 5.82 Å². The monoisotopic (exact) mass is 178 g/mol. The number of nitrogens with zero attached hydrogens (tertiary/aromatic N) is 1. The molecule has 1 aromatic heterocycles. The van der Waals surface area contributed by atoms with Crippen molar-refractivity contribution in [3.05, 3.63) is 23.1 Å². The molecule has 0 aliphatic rings. The number of nitrogen functional groups attached to an aromatic ring is 1. The van der Waals surface area contributed by atoms with Gasteiger partial charge in [0.25, 0.3) is 0 Å². The van der Waals surface area contributed by atoms with E-state index in [0.717, 1.165) is 5.56 Å². The zero-order valence-corrected chi connectivity index (χ0v) is 7.63. The Morgan fingerprint density at radius 2 is 2.23 bits per heavy atom. The first-order valence-electron chi connectivity index (χ1n) is 3.98. The summed E-state index contributed by atoms with van der Waals surface area (Å²) < 4.78 is 12.8. The van der Waals surface area contributed by atoms with Crippen LogP contribution >= 0.6 is 0 Å². The second-order valence-electron chi connectivity index (χ2n) is 3.09. The van der Waals surface area contributed by atoms with E-state index in [1.807, 2.05) is 13.8 Å². The van der Waals surface area contributed by atoms with Crippen LogP contribution in [-0.2, 0) is 0 Å². The van der Waals surface area contributed by atoms with Crippen LogP contribution in [0.5, 0.6) is 0 Å². The largest absolute Gasteiger partial charge is 0.383 e. The third-order valence-electron chi connectivity index (χ3n) is 1.79.